The molecule has 0 aliphatic heterocycles. The number of alkyl halides is 3. The van der Waals surface area contributed by atoms with E-state index in [2.05, 4.69) is 4.74 Å². The van der Waals surface area contributed by atoms with Crippen LogP contribution in [0.1, 0.15) is 12.5 Å². The van der Waals surface area contributed by atoms with Gasteiger partial charge in [0.25, 0.3) is 0 Å². The van der Waals surface area contributed by atoms with E-state index >= 15 is 0 Å². The van der Waals surface area contributed by atoms with Crippen LogP contribution in [0.3, 0.4) is 0 Å². The molecule has 0 radical (unpaired) electrons. The van der Waals surface area contributed by atoms with Gasteiger partial charge in [-0.25, -0.2) is 9.59 Å². The van der Waals surface area contributed by atoms with Crippen LogP contribution in [0.4, 0.5) is 13.2 Å². The maximum absolute atomic E-state index is 12.9. The molecule has 0 amide bonds. The Morgan fingerprint density at radius 2 is 2.00 bits per heavy atom. The molecule has 0 atom stereocenters. The Morgan fingerprint density at radius 1 is 1.27 bits per heavy atom. The number of rotatable bonds is 4. The summed E-state index contributed by atoms with van der Waals surface area (Å²) in [4.78, 5) is 22.4. The molecule has 8 heteroatoms. The lowest BCUT2D eigenvalue weighted by Gasteiger charge is -2.10. The zero-order valence-corrected chi connectivity index (χ0v) is 11.4. The van der Waals surface area contributed by atoms with Crippen LogP contribution >= 0.6 is 0 Å². The van der Waals surface area contributed by atoms with Crippen LogP contribution < -0.4 is 10.4 Å². The van der Waals surface area contributed by atoms with Crippen molar-refractivity contribution in [1.29, 1.82) is 0 Å². The van der Waals surface area contributed by atoms with Crippen LogP contribution in [0, 0.1) is 0 Å². The Hall–Kier alpha value is -2.51. The number of carbonyl (C=O) groups is 1. The molecule has 0 aliphatic rings. The van der Waals surface area contributed by atoms with Crippen molar-refractivity contribution in [3.8, 4) is 5.75 Å². The predicted octanol–water partition coefficient (Wildman–Crippen LogP) is 2.75. The minimum atomic E-state index is -4.68. The van der Waals surface area contributed by atoms with Gasteiger partial charge in [-0.1, -0.05) is 0 Å². The molecule has 0 spiro atoms. The molecule has 1 heterocycles. The summed E-state index contributed by atoms with van der Waals surface area (Å²) in [5.41, 5.74) is -2.49. The van der Waals surface area contributed by atoms with E-state index in [-0.39, 0.29) is 23.3 Å². The summed E-state index contributed by atoms with van der Waals surface area (Å²) in [5.74, 6) is -0.531. The quantitative estimate of drug-likeness (QED) is 0.641. The fourth-order valence-corrected chi connectivity index (χ4v) is 1.81. The lowest BCUT2D eigenvalue weighted by atomic mass is 10.1. The highest BCUT2D eigenvalue weighted by Gasteiger charge is 2.33. The van der Waals surface area contributed by atoms with E-state index < -0.39 is 29.9 Å². The topological polar surface area (TPSA) is 65.7 Å². The van der Waals surface area contributed by atoms with Gasteiger partial charge in [0.05, 0.1) is 12.2 Å². The molecule has 0 saturated heterocycles. The minimum absolute atomic E-state index is 0.0861. The van der Waals surface area contributed by atoms with Gasteiger partial charge < -0.3 is 13.9 Å². The van der Waals surface area contributed by atoms with Crippen LogP contribution in [0.15, 0.2) is 33.5 Å². The average molecular weight is 316 g/mol. The number of hydrogen-bond donors (Lipinski definition) is 0. The van der Waals surface area contributed by atoms with E-state index in [0.29, 0.717) is 6.07 Å². The lowest BCUT2D eigenvalue weighted by molar-refractivity contribution is -0.145. The second-order valence-corrected chi connectivity index (χ2v) is 4.23. The summed E-state index contributed by atoms with van der Waals surface area (Å²) in [7, 11) is 0. The SMILES string of the molecule is CCOC(=O)COc1ccc2c(C(F)(F)F)cc(=O)oc2c1. The Morgan fingerprint density at radius 3 is 2.64 bits per heavy atom. The number of fused-ring (bicyclic) bond motifs is 1. The maximum atomic E-state index is 12.9. The molecule has 22 heavy (non-hydrogen) atoms. The van der Waals surface area contributed by atoms with Crippen molar-refractivity contribution in [3.63, 3.8) is 0 Å². The van der Waals surface area contributed by atoms with Crippen molar-refractivity contribution in [2.75, 3.05) is 13.2 Å². The molecule has 1 aromatic carbocycles. The van der Waals surface area contributed by atoms with E-state index in [1.165, 1.54) is 6.07 Å². The van der Waals surface area contributed by atoms with Gasteiger partial charge in [-0.05, 0) is 19.1 Å². The van der Waals surface area contributed by atoms with Crippen molar-refractivity contribution < 1.29 is 31.9 Å². The van der Waals surface area contributed by atoms with E-state index in [0.717, 1.165) is 12.1 Å². The van der Waals surface area contributed by atoms with E-state index in [1.54, 1.807) is 6.92 Å². The van der Waals surface area contributed by atoms with E-state index in [4.69, 9.17) is 9.15 Å². The number of halogens is 3. The molecular formula is C14H11F3O5. The zero-order valence-electron chi connectivity index (χ0n) is 11.4. The van der Waals surface area contributed by atoms with Gasteiger partial charge in [-0.2, -0.15) is 13.2 Å². The first-order valence-corrected chi connectivity index (χ1v) is 6.25. The lowest BCUT2D eigenvalue weighted by Crippen LogP contribution is -2.14. The van der Waals surface area contributed by atoms with Crippen molar-refractivity contribution >= 4 is 16.9 Å². The first-order chi connectivity index (χ1) is 10.3. The normalized spacial score (nSPS) is 11.5. The molecule has 0 saturated carbocycles. The molecular weight excluding hydrogens is 305 g/mol. The predicted molar refractivity (Wildman–Crippen MR) is 69.6 cm³/mol. The summed E-state index contributed by atoms with van der Waals surface area (Å²) in [6.07, 6.45) is -4.68. The third kappa shape index (κ3) is 3.57. The molecule has 0 N–H and O–H groups in total. The monoisotopic (exact) mass is 316 g/mol. The molecule has 0 unspecified atom stereocenters. The van der Waals surface area contributed by atoms with Crippen LogP contribution in [0.25, 0.3) is 11.0 Å². The second-order valence-electron chi connectivity index (χ2n) is 4.23. The standard InChI is InChI=1S/C14H11F3O5/c1-2-20-13(19)7-21-8-3-4-9-10(14(15,16)17)6-12(18)22-11(9)5-8/h3-6H,2,7H2,1H3. The van der Waals surface area contributed by atoms with Crippen LogP contribution in [-0.4, -0.2) is 19.2 Å². The van der Waals surface area contributed by atoms with Crippen LogP contribution in [-0.2, 0) is 15.7 Å². The number of carbonyl (C=O) groups excluding carboxylic acids is 1. The van der Waals surface area contributed by atoms with Gasteiger partial charge in [0.1, 0.15) is 11.3 Å². The van der Waals surface area contributed by atoms with E-state index in [9.17, 15) is 22.8 Å². The second kappa shape index (κ2) is 6.08. The summed E-state index contributed by atoms with van der Waals surface area (Å²) in [6, 6.07) is 3.87. The number of esters is 1. The summed E-state index contributed by atoms with van der Waals surface area (Å²) >= 11 is 0. The van der Waals surface area contributed by atoms with Gasteiger partial charge >= 0.3 is 17.8 Å². The van der Waals surface area contributed by atoms with Gasteiger partial charge in [0.15, 0.2) is 6.61 Å². The number of ether oxygens (including phenoxy) is 2. The highest BCUT2D eigenvalue weighted by atomic mass is 19.4. The van der Waals surface area contributed by atoms with Gasteiger partial charge in [0.2, 0.25) is 0 Å². The summed E-state index contributed by atoms with van der Waals surface area (Å²) in [6.45, 7) is 1.41. The fraction of sp³-hybridized carbons (Fsp3) is 0.286. The largest absolute Gasteiger partial charge is 0.482 e. The third-order valence-corrected chi connectivity index (χ3v) is 2.68. The summed E-state index contributed by atoms with van der Waals surface area (Å²) < 4.78 is 53.1. The van der Waals surface area contributed by atoms with Crippen molar-refractivity contribution in [3.05, 3.63) is 40.2 Å². The molecule has 1 aromatic heterocycles. The number of hydrogen-bond acceptors (Lipinski definition) is 5. The summed E-state index contributed by atoms with van der Waals surface area (Å²) in [5, 5.41) is -0.268. The Bertz CT molecular complexity index is 748. The molecule has 5 nitrogen and oxygen atoms in total. The van der Waals surface area contributed by atoms with Crippen molar-refractivity contribution in [2.45, 2.75) is 13.1 Å². The molecule has 2 aromatic rings. The molecule has 2 rings (SSSR count). The average Bonchev–Trinajstić information content (AvgIpc) is 2.43. The zero-order chi connectivity index (χ0) is 16.3. The smallest absolute Gasteiger partial charge is 0.417 e. The van der Waals surface area contributed by atoms with Gasteiger partial charge in [0, 0.05) is 17.5 Å². The third-order valence-electron chi connectivity index (χ3n) is 2.68. The van der Waals surface area contributed by atoms with Crippen LogP contribution in [0.5, 0.6) is 5.75 Å². The molecule has 0 fully saturated rings. The first kappa shape index (κ1) is 15.9. The van der Waals surface area contributed by atoms with Crippen molar-refractivity contribution in [1.82, 2.24) is 0 Å². The number of benzene rings is 1. The molecule has 0 bridgehead atoms. The van der Waals surface area contributed by atoms with Crippen LogP contribution in [0.2, 0.25) is 0 Å². The Labute approximate surface area is 122 Å². The highest BCUT2D eigenvalue weighted by Crippen LogP contribution is 2.34. The minimum Gasteiger partial charge on any atom is -0.482 e. The van der Waals surface area contributed by atoms with Crippen molar-refractivity contribution in [2.24, 2.45) is 0 Å². The van der Waals surface area contributed by atoms with Gasteiger partial charge in [-0.15, -0.1) is 0 Å². The Kier molecular flexibility index (Phi) is 4.39. The molecule has 118 valence electrons. The molecule has 0 aliphatic carbocycles. The van der Waals surface area contributed by atoms with Gasteiger partial charge in [-0.3, -0.25) is 0 Å². The Balaban J connectivity index is 2.35. The first-order valence-electron chi connectivity index (χ1n) is 6.25. The maximum Gasteiger partial charge on any atom is 0.417 e. The highest BCUT2D eigenvalue weighted by molar-refractivity contribution is 5.82. The van der Waals surface area contributed by atoms with E-state index in [1.807, 2.05) is 0 Å². The fourth-order valence-electron chi connectivity index (χ4n) is 1.81.